The van der Waals surface area contributed by atoms with Gasteiger partial charge >= 0.3 is 0 Å². The van der Waals surface area contributed by atoms with Crippen LogP contribution in [-0.2, 0) is 13.0 Å². The van der Waals surface area contributed by atoms with E-state index >= 15 is 0 Å². The van der Waals surface area contributed by atoms with E-state index in [1.807, 2.05) is 24.1 Å². The number of aryl methyl sites for hydroxylation is 1. The lowest BCUT2D eigenvalue weighted by Gasteiger charge is -2.41. The Kier molecular flexibility index (Phi) is 6.99. The van der Waals surface area contributed by atoms with E-state index in [1.165, 1.54) is 16.7 Å². The molecule has 0 N–H and O–H groups in total. The minimum Gasteiger partial charge on any atom is -0.481 e. The van der Waals surface area contributed by atoms with Crippen molar-refractivity contribution in [1.29, 1.82) is 0 Å². The van der Waals surface area contributed by atoms with Crippen molar-refractivity contribution in [3.05, 3.63) is 53.1 Å². The second-order valence-corrected chi connectivity index (χ2v) is 7.52. The first-order chi connectivity index (χ1) is 13.2. The van der Waals surface area contributed by atoms with Crippen molar-refractivity contribution < 1.29 is 9.47 Å². The molecule has 1 aliphatic rings. The number of rotatable bonds is 7. The van der Waals surface area contributed by atoms with Crippen LogP contribution in [0.25, 0.3) is 0 Å². The Hall–Kier alpha value is -1.76. The number of benzene rings is 1. The summed E-state index contributed by atoms with van der Waals surface area (Å²) in [6.45, 7) is 6.19. The van der Waals surface area contributed by atoms with E-state index in [9.17, 15) is 0 Å². The van der Waals surface area contributed by atoms with Crippen molar-refractivity contribution in [3.63, 3.8) is 0 Å². The Morgan fingerprint density at radius 2 is 1.81 bits per heavy atom. The third-order valence-electron chi connectivity index (χ3n) is 5.11. The maximum Gasteiger partial charge on any atom is 0.216 e. The molecule has 0 radical (unpaired) electrons. The normalized spacial score (nSPS) is 18.4. The average molecular weight is 388 g/mol. The van der Waals surface area contributed by atoms with Crippen molar-refractivity contribution >= 4 is 11.9 Å². The van der Waals surface area contributed by atoms with Gasteiger partial charge in [0.05, 0.1) is 20.3 Å². The second-order valence-electron chi connectivity index (χ2n) is 6.69. The highest BCUT2D eigenvalue weighted by Gasteiger charge is 2.29. The first kappa shape index (κ1) is 20.0. The molecule has 1 saturated heterocycles. The first-order valence-corrected chi connectivity index (χ1v) is 10.6. The number of nitrogens with zero attached hydrogens (tertiary/aromatic N) is 3. The summed E-state index contributed by atoms with van der Waals surface area (Å²) in [5.74, 6) is 1.19. The monoisotopic (exact) mass is 387 g/mol. The minimum atomic E-state index is 0.399. The highest BCUT2D eigenvalue weighted by atomic mass is 32.2. The van der Waals surface area contributed by atoms with Gasteiger partial charge in [0.1, 0.15) is 0 Å². The van der Waals surface area contributed by atoms with Crippen LogP contribution >= 0.6 is 11.9 Å². The van der Waals surface area contributed by atoms with Crippen LogP contribution in [0.3, 0.4) is 0 Å². The molecule has 0 amide bonds. The molecule has 0 saturated carbocycles. The fourth-order valence-electron chi connectivity index (χ4n) is 3.71. The van der Waals surface area contributed by atoms with Gasteiger partial charge in [-0.05, 0) is 29.4 Å². The van der Waals surface area contributed by atoms with E-state index in [0.29, 0.717) is 17.8 Å². The largest absolute Gasteiger partial charge is 0.481 e. The third kappa shape index (κ3) is 4.75. The molecular weight excluding hydrogens is 358 g/mol. The predicted octanol–water partition coefficient (Wildman–Crippen LogP) is 3.80. The molecule has 2 heterocycles. The van der Waals surface area contributed by atoms with Crippen LogP contribution in [0.2, 0.25) is 0 Å². The first-order valence-electron chi connectivity index (χ1n) is 9.38. The van der Waals surface area contributed by atoms with E-state index in [1.54, 1.807) is 14.2 Å². The zero-order chi connectivity index (χ0) is 19.2. The van der Waals surface area contributed by atoms with Crippen LogP contribution in [0, 0.1) is 0 Å². The maximum absolute atomic E-state index is 5.32. The lowest BCUT2D eigenvalue weighted by atomic mass is 9.97. The number of hydrogen-bond acceptors (Lipinski definition) is 6. The van der Waals surface area contributed by atoms with Crippen LogP contribution in [-0.4, -0.2) is 54.3 Å². The molecule has 1 unspecified atom stereocenters. The summed E-state index contributed by atoms with van der Waals surface area (Å²) in [6, 6.07) is 13.2. The summed E-state index contributed by atoms with van der Waals surface area (Å²) < 4.78 is 13.2. The average Bonchev–Trinajstić information content (AvgIpc) is 2.73. The van der Waals surface area contributed by atoms with Gasteiger partial charge in [-0.2, -0.15) is 4.98 Å². The predicted molar refractivity (Wildman–Crippen MR) is 111 cm³/mol. The minimum absolute atomic E-state index is 0.399. The van der Waals surface area contributed by atoms with Gasteiger partial charge in [-0.15, -0.1) is 0 Å². The summed E-state index contributed by atoms with van der Waals surface area (Å²) in [4.78, 5) is 6.81. The molecular formula is C21H29N3O2S. The van der Waals surface area contributed by atoms with E-state index < -0.39 is 0 Å². The molecule has 1 aromatic heterocycles. The lowest BCUT2D eigenvalue weighted by molar-refractivity contribution is 0.137. The lowest BCUT2D eigenvalue weighted by Crippen LogP contribution is -2.45. The van der Waals surface area contributed by atoms with Crippen LogP contribution in [0.15, 0.2) is 36.4 Å². The van der Waals surface area contributed by atoms with Gasteiger partial charge in [0, 0.05) is 38.3 Å². The van der Waals surface area contributed by atoms with Gasteiger partial charge < -0.3 is 9.47 Å². The SMILES string of the molecule is CCc1ccccc1C1CN(Cc2cc(OC)nc(OC)c2)CCN1SC. The van der Waals surface area contributed by atoms with Crippen LogP contribution < -0.4 is 9.47 Å². The van der Waals surface area contributed by atoms with Crippen molar-refractivity contribution in [2.45, 2.75) is 25.9 Å². The summed E-state index contributed by atoms with van der Waals surface area (Å²) >= 11 is 1.85. The Labute approximate surface area is 166 Å². The van der Waals surface area contributed by atoms with Crippen LogP contribution in [0.5, 0.6) is 11.8 Å². The van der Waals surface area contributed by atoms with Gasteiger partial charge in [0.2, 0.25) is 11.8 Å². The molecule has 146 valence electrons. The van der Waals surface area contributed by atoms with Crippen molar-refractivity contribution in [1.82, 2.24) is 14.2 Å². The van der Waals surface area contributed by atoms with E-state index in [-0.39, 0.29) is 0 Å². The topological polar surface area (TPSA) is 37.8 Å². The molecule has 2 aromatic rings. The van der Waals surface area contributed by atoms with Gasteiger partial charge in [0.25, 0.3) is 0 Å². The molecule has 0 spiro atoms. The number of piperazine rings is 1. The number of ether oxygens (including phenoxy) is 2. The number of pyridine rings is 1. The van der Waals surface area contributed by atoms with Gasteiger partial charge in [0.15, 0.2) is 0 Å². The Morgan fingerprint density at radius 1 is 1.11 bits per heavy atom. The van der Waals surface area contributed by atoms with E-state index in [2.05, 4.69) is 51.6 Å². The van der Waals surface area contributed by atoms with Gasteiger partial charge in [-0.1, -0.05) is 43.1 Å². The molecule has 5 nitrogen and oxygen atoms in total. The van der Waals surface area contributed by atoms with Gasteiger partial charge in [-0.25, -0.2) is 4.31 Å². The molecule has 0 aliphatic carbocycles. The Bertz CT molecular complexity index is 734. The molecule has 1 fully saturated rings. The summed E-state index contributed by atoms with van der Waals surface area (Å²) in [5.41, 5.74) is 4.05. The van der Waals surface area contributed by atoms with Crippen molar-refractivity contribution in [3.8, 4) is 11.8 Å². The quantitative estimate of drug-likeness (QED) is 0.673. The van der Waals surface area contributed by atoms with Crippen LogP contribution in [0.4, 0.5) is 0 Å². The van der Waals surface area contributed by atoms with Crippen LogP contribution in [0.1, 0.15) is 29.7 Å². The summed E-state index contributed by atoms with van der Waals surface area (Å²) in [7, 11) is 3.28. The van der Waals surface area contributed by atoms with Crippen molar-refractivity contribution in [2.75, 3.05) is 40.1 Å². The molecule has 6 heteroatoms. The van der Waals surface area contributed by atoms with E-state index in [0.717, 1.165) is 32.6 Å². The Morgan fingerprint density at radius 3 is 2.44 bits per heavy atom. The molecule has 1 atom stereocenters. The van der Waals surface area contributed by atoms with Crippen molar-refractivity contribution in [2.24, 2.45) is 0 Å². The summed E-state index contributed by atoms with van der Waals surface area (Å²) in [5, 5.41) is 0. The third-order valence-corrected chi connectivity index (χ3v) is 6.01. The summed E-state index contributed by atoms with van der Waals surface area (Å²) in [6.07, 6.45) is 3.24. The molecule has 1 aromatic carbocycles. The zero-order valence-electron chi connectivity index (χ0n) is 16.6. The molecule has 1 aliphatic heterocycles. The highest BCUT2D eigenvalue weighted by molar-refractivity contribution is 7.96. The zero-order valence-corrected chi connectivity index (χ0v) is 17.5. The number of hydrogen-bond donors (Lipinski definition) is 0. The molecule has 3 rings (SSSR count). The maximum atomic E-state index is 5.32. The second kappa shape index (κ2) is 9.44. The fraction of sp³-hybridized carbons (Fsp3) is 0.476. The molecule has 0 bridgehead atoms. The molecule has 27 heavy (non-hydrogen) atoms. The smallest absolute Gasteiger partial charge is 0.216 e. The standard InChI is InChI=1S/C21H29N3O2S/c1-5-17-8-6-7-9-18(17)19-15-23(10-11-24(19)27-4)14-16-12-20(25-2)22-21(13-16)26-3/h6-9,12-13,19H,5,10-11,14-15H2,1-4H3. The van der Waals surface area contributed by atoms with E-state index in [4.69, 9.17) is 9.47 Å². The highest BCUT2D eigenvalue weighted by Crippen LogP contribution is 2.33. The number of aromatic nitrogens is 1. The Balaban J connectivity index is 1.80. The fourth-order valence-corrected chi connectivity index (χ4v) is 4.41. The number of methoxy groups -OCH3 is 2. The van der Waals surface area contributed by atoms with Gasteiger partial charge in [-0.3, -0.25) is 4.90 Å².